The first kappa shape index (κ1) is 13.3. The number of anilines is 1. The average Bonchev–Trinajstić information content (AvgIpc) is 2.90. The first-order valence-corrected chi connectivity index (χ1v) is 6.82. The maximum Gasteiger partial charge on any atom is 0.0562 e. The molecule has 1 aromatic rings. The van der Waals surface area contributed by atoms with E-state index in [1.807, 2.05) is 13.2 Å². The largest absolute Gasteiger partial charge is 0.373 e. The quantitative estimate of drug-likeness (QED) is 0.823. The summed E-state index contributed by atoms with van der Waals surface area (Å²) < 4.78 is 0. The standard InChI is InChI=1S/C14H24N4/c1-15-12-13-11-14(5-6-16-13)17(2)9-10-18-7-3-4-8-18/h5-6,11,15H,3-4,7-10,12H2,1-2H3. The Morgan fingerprint density at radius 1 is 1.39 bits per heavy atom. The molecule has 4 nitrogen and oxygen atoms in total. The summed E-state index contributed by atoms with van der Waals surface area (Å²) in [6, 6.07) is 4.25. The highest BCUT2D eigenvalue weighted by Crippen LogP contribution is 2.13. The van der Waals surface area contributed by atoms with E-state index in [1.54, 1.807) is 0 Å². The van der Waals surface area contributed by atoms with Crippen LogP contribution in [0.3, 0.4) is 0 Å². The van der Waals surface area contributed by atoms with Gasteiger partial charge in [0.2, 0.25) is 0 Å². The fourth-order valence-electron chi connectivity index (χ4n) is 2.41. The smallest absolute Gasteiger partial charge is 0.0562 e. The van der Waals surface area contributed by atoms with Gasteiger partial charge in [-0.05, 0) is 45.1 Å². The highest BCUT2D eigenvalue weighted by atomic mass is 15.2. The van der Waals surface area contributed by atoms with Gasteiger partial charge in [0.05, 0.1) is 5.69 Å². The first-order chi connectivity index (χ1) is 8.79. The molecule has 1 aliphatic rings. The van der Waals surface area contributed by atoms with Crippen LogP contribution in [0.2, 0.25) is 0 Å². The molecule has 0 amide bonds. The molecular weight excluding hydrogens is 224 g/mol. The number of nitrogens with one attached hydrogen (secondary N) is 1. The lowest BCUT2D eigenvalue weighted by atomic mass is 10.3. The van der Waals surface area contributed by atoms with Crippen LogP contribution in [0.5, 0.6) is 0 Å². The van der Waals surface area contributed by atoms with Crippen LogP contribution in [0.4, 0.5) is 5.69 Å². The second-order valence-electron chi connectivity index (χ2n) is 5.01. The zero-order chi connectivity index (χ0) is 12.8. The SMILES string of the molecule is CNCc1cc(N(C)CCN2CCCC2)ccn1. The van der Waals surface area contributed by atoms with E-state index < -0.39 is 0 Å². The minimum atomic E-state index is 0.827. The molecule has 18 heavy (non-hydrogen) atoms. The van der Waals surface area contributed by atoms with Gasteiger partial charge in [0, 0.05) is 38.6 Å². The molecular formula is C14H24N4. The summed E-state index contributed by atoms with van der Waals surface area (Å²) >= 11 is 0. The molecule has 1 aromatic heterocycles. The van der Waals surface area contributed by atoms with Crippen molar-refractivity contribution in [3.63, 3.8) is 0 Å². The molecule has 0 saturated carbocycles. The maximum absolute atomic E-state index is 4.35. The van der Waals surface area contributed by atoms with Gasteiger partial charge in [0.1, 0.15) is 0 Å². The number of likely N-dealkylation sites (tertiary alicyclic amines) is 1. The van der Waals surface area contributed by atoms with E-state index in [0.29, 0.717) is 0 Å². The lowest BCUT2D eigenvalue weighted by Gasteiger charge is -2.23. The zero-order valence-electron chi connectivity index (χ0n) is 11.5. The monoisotopic (exact) mass is 248 g/mol. The van der Waals surface area contributed by atoms with Gasteiger partial charge >= 0.3 is 0 Å². The van der Waals surface area contributed by atoms with Crippen molar-refractivity contribution in [1.29, 1.82) is 0 Å². The highest BCUT2D eigenvalue weighted by Gasteiger charge is 2.12. The molecule has 2 rings (SSSR count). The normalized spacial score (nSPS) is 16.1. The summed E-state index contributed by atoms with van der Waals surface area (Å²) in [5.74, 6) is 0. The van der Waals surface area contributed by atoms with Crippen LogP contribution >= 0.6 is 0 Å². The molecule has 0 aliphatic carbocycles. The van der Waals surface area contributed by atoms with Gasteiger partial charge in [0.15, 0.2) is 0 Å². The Morgan fingerprint density at radius 2 is 2.17 bits per heavy atom. The lowest BCUT2D eigenvalue weighted by molar-refractivity contribution is 0.346. The summed E-state index contributed by atoms with van der Waals surface area (Å²) in [7, 11) is 4.11. The van der Waals surface area contributed by atoms with Crippen LogP contribution in [0, 0.1) is 0 Å². The van der Waals surface area contributed by atoms with Crippen LogP contribution in [0.25, 0.3) is 0 Å². The van der Waals surface area contributed by atoms with Crippen molar-refractivity contribution >= 4 is 5.69 Å². The van der Waals surface area contributed by atoms with E-state index in [-0.39, 0.29) is 0 Å². The number of aromatic nitrogens is 1. The third-order valence-corrected chi connectivity index (χ3v) is 3.55. The van der Waals surface area contributed by atoms with Crippen molar-refractivity contribution in [3.8, 4) is 0 Å². The van der Waals surface area contributed by atoms with Gasteiger partial charge in [-0.2, -0.15) is 0 Å². The molecule has 1 N–H and O–H groups in total. The Hall–Kier alpha value is -1.13. The van der Waals surface area contributed by atoms with Gasteiger partial charge in [-0.15, -0.1) is 0 Å². The minimum absolute atomic E-state index is 0.827. The van der Waals surface area contributed by atoms with E-state index in [0.717, 1.165) is 18.8 Å². The van der Waals surface area contributed by atoms with Crippen LogP contribution < -0.4 is 10.2 Å². The molecule has 100 valence electrons. The van der Waals surface area contributed by atoms with Gasteiger partial charge in [0.25, 0.3) is 0 Å². The molecule has 0 spiro atoms. The summed E-state index contributed by atoms with van der Waals surface area (Å²) in [6.45, 7) is 5.63. The zero-order valence-corrected chi connectivity index (χ0v) is 11.5. The Labute approximate surface area is 110 Å². The number of hydrogen-bond acceptors (Lipinski definition) is 4. The third-order valence-electron chi connectivity index (χ3n) is 3.55. The highest BCUT2D eigenvalue weighted by molar-refractivity contribution is 5.45. The molecule has 0 atom stereocenters. The number of nitrogens with zero attached hydrogens (tertiary/aromatic N) is 3. The molecule has 2 heterocycles. The molecule has 1 saturated heterocycles. The number of hydrogen-bond donors (Lipinski definition) is 1. The van der Waals surface area contributed by atoms with Crippen LogP contribution in [-0.2, 0) is 6.54 Å². The van der Waals surface area contributed by atoms with Crippen LogP contribution in [-0.4, -0.2) is 50.2 Å². The van der Waals surface area contributed by atoms with Gasteiger partial charge in [-0.25, -0.2) is 0 Å². The van der Waals surface area contributed by atoms with Crippen molar-refractivity contribution in [2.24, 2.45) is 0 Å². The summed E-state index contributed by atoms with van der Waals surface area (Å²) in [5, 5.41) is 3.14. The third kappa shape index (κ3) is 3.68. The molecule has 4 heteroatoms. The minimum Gasteiger partial charge on any atom is -0.373 e. The Morgan fingerprint density at radius 3 is 2.89 bits per heavy atom. The average molecular weight is 248 g/mol. The van der Waals surface area contributed by atoms with Crippen molar-refractivity contribution in [3.05, 3.63) is 24.0 Å². The number of pyridine rings is 1. The summed E-state index contributed by atoms with van der Waals surface area (Å²) in [4.78, 5) is 9.22. The van der Waals surface area contributed by atoms with E-state index in [2.05, 4.69) is 39.3 Å². The molecule has 1 aliphatic heterocycles. The topological polar surface area (TPSA) is 31.4 Å². The van der Waals surface area contributed by atoms with Crippen molar-refractivity contribution in [1.82, 2.24) is 15.2 Å². The summed E-state index contributed by atoms with van der Waals surface area (Å²) in [6.07, 6.45) is 4.63. The molecule has 0 radical (unpaired) electrons. The van der Waals surface area contributed by atoms with E-state index in [1.165, 1.54) is 38.2 Å². The van der Waals surface area contributed by atoms with Gasteiger partial charge in [-0.3, -0.25) is 4.98 Å². The fourth-order valence-corrected chi connectivity index (χ4v) is 2.41. The van der Waals surface area contributed by atoms with E-state index in [9.17, 15) is 0 Å². The second-order valence-corrected chi connectivity index (χ2v) is 5.01. The molecule has 1 fully saturated rings. The maximum atomic E-state index is 4.35. The van der Waals surface area contributed by atoms with Crippen molar-refractivity contribution in [2.75, 3.05) is 45.2 Å². The Balaban J connectivity index is 1.86. The fraction of sp³-hybridized carbons (Fsp3) is 0.643. The first-order valence-electron chi connectivity index (χ1n) is 6.82. The Bertz CT molecular complexity index is 361. The summed E-state index contributed by atoms with van der Waals surface area (Å²) in [5.41, 5.74) is 2.36. The Kier molecular flexibility index (Phi) is 4.96. The van der Waals surface area contributed by atoms with E-state index >= 15 is 0 Å². The molecule has 0 bridgehead atoms. The van der Waals surface area contributed by atoms with Crippen LogP contribution in [0.15, 0.2) is 18.3 Å². The van der Waals surface area contributed by atoms with Gasteiger partial charge in [-0.1, -0.05) is 0 Å². The lowest BCUT2D eigenvalue weighted by Crippen LogP contribution is -2.31. The number of likely N-dealkylation sites (N-methyl/N-ethyl adjacent to an activating group) is 1. The molecule has 0 unspecified atom stereocenters. The number of rotatable bonds is 6. The molecule has 0 aromatic carbocycles. The van der Waals surface area contributed by atoms with Gasteiger partial charge < -0.3 is 15.1 Å². The van der Waals surface area contributed by atoms with Crippen molar-refractivity contribution in [2.45, 2.75) is 19.4 Å². The van der Waals surface area contributed by atoms with Crippen LogP contribution in [0.1, 0.15) is 18.5 Å². The predicted octanol–water partition coefficient (Wildman–Crippen LogP) is 1.33. The second kappa shape index (κ2) is 6.71. The predicted molar refractivity (Wildman–Crippen MR) is 75.9 cm³/mol. The van der Waals surface area contributed by atoms with E-state index in [4.69, 9.17) is 0 Å². The van der Waals surface area contributed by atoms with Crippen molar-refractivity contribution < 1.29 is 0 Å².